The molecule has 1 amide bonds. The first-order chi connectivity index (χ1) is 14.0. The molecule has 29 heavy (non-hydrogen) atoms. The van der Waals surface area contributed by atoms with Crippen LogP contribution < -0.4 is 5.32 Å². The predicted octanol–water partition coefficient (Wildman–Crippen LogP) is 4.13. The van der Waals surface area contributed by atoms with E-state index in [1.807, 2.05) is 42.5 Å². The van der Waals surface area contributed by atoms with Crippen LogP contribution in [0, 0.1) is 5.92 Å². The number of nitrogens with one attached hydrogen (secondary N) is 1. The Labute approximate surface area is 171 Å². The Balaban J connectivity index is 1.46. The van der Waals surface area contributed by atoms with Gasteiger partial charge in [-0.15, -0.1) is 0 Å². The quantitative estimate of drug-likeness (QED) is 0.558. The zero-order valence-corrected chi connectivity index (χ0v) is 16.8. The molecule has 0 spiro atoms. The van der Waals surface area contributed by atoms with Crippen LogP contribution in [0.2, 0.25) is 0 Å². The Bertz CT molecular complexity index is 947. The maximum Gasteiger partial charge on any atom is 0.226 e. The highest BCUT2D eigenvalue weighted by Crippen LogP contribution is 2.12. The molecule has 0 bridgehead atoms. The van der Waals surface area contributed by atoms with Gasteiger partial charge in [0.25, 0.3) is 0 Å². The molecule has 6 heteroatoms. The lowest BCUT2D eigenvalue weighted by atomic mass is 9.99. The summed E-state index contributed by atoms with van der Waals surface area (Å²) in [6, 6.07) is 15.1. The predicted molar refractivity (Wildman–Crippen MR) is 113 cm³/mol. The van der Waals surface area contributed by atoms with Gasteiger partial charge in [0.1, 0.15) is 0 Å². The van der Waals surface area contributed by atoms with Gasteiger partial charge in [0, 0.05) is 36.9 Å². The number of hydrogen-bond acceptors (Lipinski definition) is 4. The van der Waals surface area contributed by atoms with Crippen molar-refractivity contribution in [3.8, 4) is 0 Å². The Hall–Kier alpha value is -3.28. The average Bonchev–Trinajstić information content (AvgIpc) is 3.13. The molecular weight excluding hydrogens is 364 g/mol. The molecule has 0 radical (unpaired) electrons. The summed E-state index contributed by atoms with van der Waals surface area (Å²) >= 11 is 0. The van der Waals surface area contributed by atoms with Gasteiger partial charge in [0.2, 0.25) is 5.91 Å². The lowest BCUT2D eigenvalue weighted by Crippen LogP contribution is -2.14. The van der Waals surface area contributed by atoms with E-state index in [4.69, 9.17) is 0 Å². The zero-order valence-electron chi connectivity index (χ0n) is 16.8. The van der Waals surface area contributed by atoms with Crippen molar-refractivity contribution in [2.45, 2.75) is 39.7 Å². The van der Waals surface area contributed by atoms with Crippen LogP contribution >= 0.6 is 0 Å². The lowest BCUT2D eigenvalue weighted by molar-refractivity contribution is -0.116. The van der Waals surface area contributed by atoms with E-state index in [-0.39, 0.29) is 24.5 Å². The Morgan fingerprint density at radius 3 is 2.52 bits per heavy atom. The topological polar surface area (TPSA) is 76.9 Å². The fraction of sp³-hybridized carbons (Fsp3) is 0.304. The fourth-order valence-electron chi connectivity index (χ4n) is 3.05. The monoisotopic (exact) mass is 390 g/mol. The number of Topliss-reactive ketones (excluding diaryl/α,β-unsaturated/α-hetero) is 1. The molecule has 2 heterocycles. The second-order valence-corrected chi connectivity index (χ2v) is 7.49. The molecule has 3 aromatic rings. The number of pyridine rings is 1. The summed E-state index contributed by atoms with van der Waals surface area (Å²) < 4.78 is 1.71. The van der Waals surface area contributed by atoms with Crippen molar-refractivity contribution in [3.63, 3.8) is 0 Å². The van der Waals surface area contributed by atoms with Crippen molar-refractivity contribution in [1.29, 1.82) is 0 Å². The number of hydrogen-bond donors (Lipinski definition) is 1. The fourth-order valence-corrected chi connectivity index (χ4v) is 3.05. The van der Waals surface area contributed by atoms with Crippen LogP contribution in [0.4, 0.5) is 5.82 Å². The number of amides is 1. The van der Waals surface area contributed by atoms with Gasteiger partial charge in [-0.2, -0.15) is 5.10 Å². The van der Waals surface area contributed by atoms with Gasteiger partial charge in [-0.05, 0) is 30.0 Å². The minimum absolute atomic E-state index is 0.0306. The standard InChI is InChI=1S/C23H26N4O2/c1-17(2)15-18-6-8-19(9-7-18)21(28)10-11-23(29)25-22-12-14-27(26-22)16-20-5-3-4-13-24-20/h3-9,12-14,17H,10-11,15-16H2,1-2H3,(H,25,26,29). The molecule has 150 valence electrons. The maximum absolute atomic E-state index is 12.3. The van der Waals surface area contributed by atoms with Gasteiger partial charge >= 0.3 is 0 Å². The maximum atomic E-state index is 12.3. The van der Waals surface area contributed by atoms with Gasteiger partial charge in [0.05, 0.1) is 12.2 Å². The summed E-state index contributed by atoms with van der Waals surface area (Å²) in [6.45, 7) is 4.86. The molecule has 0 saturated carbocycles. The van der Waals surface area contributed by atoms with E-state index < -0.39 is 0 Å². The number of aromatic nitrogens is 3. The number of carbonyl (C=O) groups is 2. The molecule has 0 saturated heterocycles. The Morgan fingerprint density at radius 2 is 1.83 bits per heavy atom. The van der Waals surface area contributed by atoms with Crippen LogP contribution in [0.3, 0.4) is 0 Å². The minimum Gasteiger partial charge on any atom is -0.309 e. The van der Waals surface area contributed by atoms with Crippen LogP contribution in [0.15, 0.2) is 60.9 Å². The second-order valence-electron chi connectivity index (χ2n) is 7.49. The summed E-state index contributed by atoms with van der Waals surface area (Å²) in [5.41, 5.74) is 2.75. The minimum atomic E-state index is -0.224. The molecule has 0 aliphatic carbocycles. The van der Waals surface area contributed by atoms with E-state index in [0.29, 0.717) is 23.8 Å². The van der Waals surface area contributed by atoms with Crippen LogP contribution in [0.5, 0.6) is 0 Å². The van der Waals surface area contributed by atoms with Crippen molar-refractivity contribution in [2.75, 3.05) is 5.32 Å². The van der Waals surface area contributed by atoms with Crippen LogP contribution in [0.25, 0.3) is 0 Å². The highest BCUT2D eigenvalue weighted by Gasteiger charge is 2.11. The molecule has 0 unspecified atom stereocenters. The average molecular weight is 390 g/mol. The van der Waals surface area contributed by atoms with E-state index >= 15 is 0 Å². The molecule has 6 nitrogen and oxygen atoms in total. The van der Waals surface area contributed by atoms with E-state index in [0.717, 1.165) is 12.1 Å². The van der Waals surface area contributed by atoms with Crippen LogP contribution in [-0.4, -0.2) is 26.5 Å². The number of anilines is 1. The summed E-state index contributed by atoms with van der Waals surface area (Å²) in [5, 5.41) is 7.07. The van der Waals surface area contributed by atoms with Crippen molar-refractivity contribution in [3.05, 3.63) is 77.7 Å². The van der Waals surface area contributed by atoms with Gasteiger partial charge < -0.3 is 5.32 Å². The summed E-state index contributed by atoms with van der Waals surface area (Å²) in [7, 11) is 0. The molecule has 0 atom stereocenters. The largest absolute Gasteiger partial charge is 0.309 e. The first kappa shape index (κ1) is 20.5. The third kappa shape index (κ3) is 6.38. The van der Waals surface area contributed by atoms with Gasteiger partial charge in [-0.25, -0.2) is 0 Å². The highest BCUT2D eigenvalue weighted by atomic mass is 16.2. The van der Waals surface area contributed by atoms with Gasteiger partial charge in [-0.3, -0.25) is 19.3 Å². The zero-order chi connectivity index (χ0) is 20.6. The molecule has 1 N–H and O–H groups in total. The van der Waals surface area contributed by atoms with Crippen molar-refractivity contribution < 1.29 is 9.59 Å². The van der Waals surface area contributed by atoms with Crippen molar-refractivity contribution in [1.82, 2.24) is 14.8 Å². The first-order valence-corrected chi connectivity index (χ1v) is 9.85. The van der Waals surface area contributed by atoms with E-state index in [1.165, 1.54) is 5.56 Å². The molecular formula is C23H26N4O2. The third-order valence-electron chi connectivity index (χ3n) is 4.46. The van der Waals surface area contributed by atoms with Crippen molar-refractivity contribution >= 4 is 17.5 Å². The van der Waals surface area contributed by atoms with E-state index in [9.17, 15) is 9.59 Å². The molecule has 1 aromatic carbocycles. The smallest absolute Gasteiger partial charge is 0.226 e. The molecule has 0 aliphatic rings. The molecule has 3 rings (SSSR count). The number of carbonyl (C=O) groups excluding carboxylic acids is 2. The second kappa shape index (κ2) is 9.78. The first-order valence-electron chi connectivity index (χ1n) is 9.85. The summed E-state index contributed by atoms with van der Waals surface area (Å²) in [5.74, 6) is 0.791. The van der Waals surface area contributed by atoms with Crippen molar-refractivity contribution in [2.24, 2.45) is 5.92 Å². The Morgan fingerprint density at radius 1 is 1.03 bits per heavy atom. The van der Waals surface area contributed by atoms with Gasteiger partial charge in [0.15, 0.2) is 11.6 Å². The van der Waals surface area contributed by atoms with Crippen LogP contribution in [-0.2, 0) is 17.8 Å². The van der Waals surface area contributed by atoms with Crippen LogP contribution in [0.1, 0.15) is 48.3 Å². The molecule has 0 fully saturated rings. The summed E-state index contributed by atoms with van der Waals surface area (Å²) in [6.07, 6.45) is 4.80. The molecule has 2 aromatic heterocycles. The van der Waals surface area contributed by atoms with E-state index in [1.54, 1.807) is 23.1 Å². The number of rotatable bonds is 9. The number of nitrogens with zero attached hydrogens (tertiary/aromatic N) is 3. The van der Waals surface area contributed by atoms with E-state index in [2.05, 4.69) is 29.2 Å². The molecule has 0 aliphatic heterocycles. The number of benzene rings is 1. The Kier molecular flexibility index (Phi) is 6.89. The number of ketones is 1. The summed E-state index contributed by atoms with van der Waals surface area (Å²) in [4.78, 5) is 28.8. The highest BCUT2D eigenvalue weighted by molar-refractivity contribution is 5.99. The third-order valence-corrected chi connectivity index (χ3v) is 4.46. The SMILES string of the molecule is CC(C)Cc1ccc(C(=O)CCC(=O)Nc2ccn(Cc3ccccn3)n2)cc1. The lowest BCUT2D eigenvalue weighted by Gasteiger charge is -2.06. The van der Waals surface area contributed by atoms with Gasteiger partial charge in [-0.1, -0.05) is 44.2 Å². The normalized spacial score (nSPS) is 10.9.